The number of para-hydroxylation sites is 1. The summed E-state index contributed by atoms with van der Waals surface area (Å²) in [5.41, 5.74) is 4.74. The number of aromatic nitrogens is 2. The number of nitrogens with one attached hydrogen (secondary N) is 2. The lowest BCUT2D eigenvalue weighted by Gasteiger charge is -2.13. The molecule has 0 spiro atoms. The molecule has 0 aliphatic heterocycles. The van der Waals surface area contributed by atoms with Crippen LogP contribution in [0.4, 0.5) is 0 Å². The maximum absolute atomic E-state index is 4.40. The van der Waals surface area contributed by atoms with E-state index in [-0.39, 0.29) is 0 Å². The molecule has 3 rings (SSSR count). The molecule has 0 saturated carbocycles. The van der Waals surface area contributed by atoms with Crippen LogP contribution in [-0.4, -0.2) is 29.5 Å². The Balaban J connectivity index is 1.57. The number of hydrogen-bond donors (Lipinski definition) is 2. The molecule has 2 heterocycles. The van der Waals surface area contributed by atoms with Gasteiger partial charge in [0.15, 0.2) is 5.96 Å². The molecular weight excluding hydrogens is 310 g/mol. The summed E-state index contributed by atoms with van der Waals surface area (Å²) in [6.45, 7) is 3.61. The summed E-state index contributed by atoms with van der Waals surface area (Å²) >= 11 is 0. The van der Waals surface area contributed by atoms with Crippen LogP contribution in [0.25, 0.3) is 10.9 Å². The van der Waals surface area contributed by atoms with Crippen LogP contribution in [-0.2, 0) is 13.0 Å². The number of pyridine rings is 2. The van der Waals surface area contributed by atoms with Gasteiger partial charge >= 0.3 is 0 Å². The molecule has 3 aromatic rings. The second-order valence-corrected chi connectivity index (χ2v) is 5.89. The third-order valence-electron chi connectivity index (χ3n) is 4.23. The van der Waals surface area contributed by atoms with E-state index in [1.54, 1.807) is 7.05 Å². The Morgan fingerprint density at radius 2 is 1.88 bits per heavy atom. The molecule has 25 heavy (non-hydrogen) atoms. The first-order valence-corrected chi connectivity index (χ1v) is 8.44. The van der Waals surface area contributed by atoms with Gasteiger partial charge in [-0.2, -0.15) is 0 Å². The van der Waals surface area contributed by atoms with Crippen LogP contribution < -0.4 is 10.6 Å². The number of benzene rings is 1. The zero-order chi connectivity index (χ0) is 17.5. The summed E-state index contributed by atoms with van der Waals surface area (Å²) in [5.74, 6) is 0.799. The van der Waals surface area contributed by atoms with E-state index in [1.807, 2.05) is 42.9 Å². The van der Waals surface area contributed by atoms with Crippen molar-refractivity contribution in [3.63, 3.8) is 0 Å². The van der Waals surface area contributed by atoms with Crippen molar-refractivity contribution < 1.29 is 0 Å². The minimum absolute atomic E-state index is 0.705. The molecule has 0 radical (unpaired) electrons. The smallest absolute Gasteiger partial charge is 0.191 e. The fourth-order valence-corrected chi connectivity index (χ4v) is 2.81. The number of hydrogen-bond acceptors (Lipinski definition) is 3. The van der Waals surface area contributed by atoms with Crippen LogP contribution in [0.15, 0.2) is 60.0 Å². The second kappa shape index (κ2) is 8.24. The van der Waals surface area contributed by atoms with Crippen molar-refractivity contribution in [2.75, 3.05) is 13.6 Å². The van der Waals surface area contributed by atoms with Crippen LogP contribution in [0.5, 0.6) is 0 Å². The molecule has 0 atom stereocenters. The van der Waals surface area contributed by atoms with E-state index >= 15 is 0 Å². The third-order valence-corrected chi connectivity index (χ3v) is 4.23. The van der Waals surface area contributed by atoms with Crippen LogP contribution in [0, 0.1) is 6.92 Å². The van der Waals surface area contributed by atoms with Crippen LogP contribution in [0.2, 0.25) is 0 Å². The predicted molar refractivity (Wildman–Crippen MR) is 103 cm³/mol. The van der Waals surface area contributed by atoms with Crippen molar-refractivity contribution in [1.29, 1.82) is 0 Å². The molecule has 1 aromatic carbocycles. The fraction of sp³-hybridized carbons (Fsp3) is 0.250. The number of nitrogens with zero attached hydrogens (tertiary/aromatic N) is 3. The van der Waals surface area contributed by atoms with E-state index in [9.17, 15) is 0 Å². The lowest BCUT2D eigenvalue weighted by Crippen LogP contribution is -2.37. The quantitative estimate of drug-likeness (QED) is 0.557. The second-order valence-electron chi connectivity index (χ2n) is 5.89. The van der Waals surface area contributed by atoms with E-state index in [1.165, 1.54) is 22.1 Å². The number of fused-ring (bicyclic) bond motifs is 1. The van der Waals surface area contributed by atoms with Crippen LogP contribution in [0.1, 0.15) is 16.7 Å². The third kappa shape index (κ3) is 4.32. The first kappa shape index (κ1) is 16.9. The Morgan fingerprint density at radius 3 is 2.72 bits per heavy atom. The molecule has 0 bridgehead atoms. The van der Waals surface area contributed by atoms with Crippen molar-refractivity contribution in [2.45, 2.75) is 19.9 Å². The summed E-state index contributed by atoms with van der Waals surface area (Å²) in [6.07, 6.45) is 6.52. The number of aryl methyl sites for hydroxylation is 1. The van der Waals surface area contributed by atoms with Gasteiger partial charge in [-0.25, -0.2) is 0 Å². The Kier molecular flexibility index (Phi) is 5.57. The van der Waals surface area contributed by atoms with E-state index in [4.69, 9.17) is 0 Å². The molecule has 5 nitrogen and oxygen atoms in total. The van der Waals surface area contributed by atoms with Crippen molar-refractivity contribution in [3.05, 3.63) is 71.7 Å². The average molecular weight is 333 g/mol. The highest BCUT2D eigenvalue weighted by Gasteiger charge is 2.03. The molecule has 0 aliphatic carbocycles. The molecule has 2 aromatic heterocycles. The van der Waals surface area contributed by atoms with Gasteiger partial charge < -0.3 is 10.6 Å². The summed E-state index contributed by atoms with van der Waals surface area (Å²) in [5, 5.41) is 7.91. The normalized spacial score (nSPS) is 11.5. The highest BCUT2D eigenvalue weighted by atomic mass is 15.2. The maximum Gasteiger partial charge on any atom is 0.191 e. The Bertz CT molecular complexity index is 867. The van der Waals surface area contributed by atoms with Crippen molar-refractivity contribution in [1.82, 2.24) is 20.6 Å². The van der Waals surface area contributed by atoms with Crippen molar-refractivity contribution in [2.24, 2.45) is 4.99 Å². The molecular formula is C20H23N5. The molecule has 0 aliphatic rings. The fourth-order valence-electron chi connectivity index (χ4n) is 2.81. The molecule has 0 unspecified atom stereocenters. The van der Waals surface area contributed by atoms with Gasteiger partial charge in [0.1, 0.15) is 0 Å². The van der Waals surface area contributed by atoms with Gasteiger partial charge in [0.25, 0.3) is 0 Å². The molecule has 128 valence electrons. The summed E-state index contributed by atoms with van der Waals surface area (Å²) in [6, 6.07) is 12.3. The van der Waals surface area contributed by atoms with Gasteiger partial charge in [-0.3, -0.25) is 15.0 Å². The summed E-state index contributed by atoms with van der Waals surface area (Å²) in [4.78, 5) is 12.8. The first-order chi connectivity index (χ1) is 12.3. The molecule has 0 saturated heterocycles. The Morgan fingerprint density at radius 1 is 1.04 bits per heavy atom. The molecule has 0 amide bonds. The number of guanidine groups is 1. The van der Waals surface area contributed by atoms with Gasteiger partial charge in [-0.05, 0) is 48.2 Å². The van der Waals surface area contributed by atoms with Gasteiger partial charge in [-0.15, -0.1) is 0 Å². The lowest BCUT2D eigenvalue weighted by atomic mass is 10.1. The van der Waals surface area contributed by atoms with E-state index in [0.29, 0.717) is 6.54 Å². The van der Waals surface area contributed by atoms with E-state index in [0.717, 1.165) is 24.4 Å². The predicted octanol–water partition coefficient (Wildman–Crippen LogP) is 2.85. The zero-order valence-electron chi connectivity index (χ0n) is 14.7. The highest BCUT2D eigenvalue weighted by molar-refractivity contribution is 5.83. The standard InChI is InChI=1S/C20H23N5/c1-15-13-22-10-7-16(15)8-12-24-20(21-2)25-14-17-9-11-23-19-6-4-3-5-18(17)19/h3-7,9-11,13H,8,12,14H2,1-2H3,(H2,21,24,25). The maximum atomic E-state index is 4.40. The zero-order valence-corrected chi connectivity index (χ0v) is 14.7. The molecule has 5 heteroatoms. The highest BCUT2D eigenvalue weighted by Crippen LogP contribution is 2.15. The molecule has 2 N–H and O–H groups in total. The van der Waals surface area contributed by atoms with Crippen LogP contribution in [0.3, 0.4) is 0 Å². The largest absolute Gasteiger partial charge is 0.356 e. The van der Waals surface area contributed by atoms with Crippen LogP contribution >= 0.6 is 0 Å². The number of aliphatic imine (C=N–C) groups is 1. The summed E-state index contributed by atoms with van der Waals surface area (Å²) < 4.78 is 0. The van der Waals surface area contributed by atoms with Gasteiger partial charge in [0.05, 0.1) is 5.52 Å². The van der Waals surface area contributed by atoms with Gasteiger partial charge in [-0.1, -0.05) is 18.2 Å². The minimum Gasteiger partial charge on any atom is -0.356 e. The molecule has 0 fully saturated rings. The first-order valence-electron chi connectivity index (χ1n) is 8.44. The summed E-state index contributed by atoms with van der Waals surface area (Å²) in [7, 11) is 1.79. The SMILES string of the molecule is CN=C(NCCc1ccncc1C)NCc1ccnc2ccccc12. The van der Waals surface area contributed by atoms with Crippen molar-refractivity contribution in [3.8, 4) is 0 Å². The average Bonchev–Trinajstić information content (AvgIpc) is 2.66. The van der Waals surface area contributed by atoms with E-state index < -0.39 is 0 Å². The Labute approximate surface area is 148 Å². The van der Waals surface area contributed by atoms with Gasteiger partial charge in [0, 0.05) is 44.1 Å². The topological polar surface area (TPSA) is 62.2 Å². The Hall–Kier alpha value is -2.95. The number of rotatable bonds is 5. The monoisotopic (exact) mass is 333 g/mol. The van der Waals surface area contributed by atoms with E-state index in [2.05, 4.69) is 44.7 Å². The van der Waals surface area contributed by atoms with Crippen molar-refractivity contribution >= 4 is 16.9 Å². The van der Waals surface area contributed by atoms with Gasteiger partial charge in [0.2, 0.25) is 0 Å². The minimum atomic E-state index is 0.705. The lowest BCUT2D eigenvalue weighted by molar-refractivity contribution is 0.793.